The molecule has 0 bridgehead atoms. The van der Waals surface area contributed by atoms with Gasteiger partial charge >= 0.3 is 0 Å². The second kappa shape index (κ2) is 5.54. The molecule has 84 valence electrons. The number of rotatable bonds is 4. The molecule has 0 saturated carbocycles. The molecule has 0 N–H and O–H groups in total. The number of aromatic nitrogens is 4. The summed E-state index contributed by atoms with van der Waals surface area (Å²) in [7, 11) is 0. The summed E-state index contributed by atoms with van der Waals surface area (Å²) >= 11 is 6.77. The van der Waals surface area contributed by atoms with Crippen molar-refractivity contribution in [2.75, 3.05) is 5.33 Å². The number of halogens is 2. The third kappa shape index (κ3) is 3.12. The van der Waals surface area contributed by atoms with E-state index in [1.807, 2.05) is 23.1 Å². The highest BCUT2D eigenvalue weighted by atomic mass is 79.9. The van der Waals surface area contributed by atoms with Crippen LogP contribution in [0.5, 0.6) is 0 Å². The maximum absolute atomic E-state index is 4.11. The Morgan fingerprint density at radius 2 is 2.19 bits per heavy atom. The molecule has 0 fully saturated rings. The number of alkyl halides is 1. The fourth-order valence-electron chi connectivity index (χ4n) is 1.36. The van der Waals surface area contributed by atoms with Gasteiger partial charge in [-0.05, 0) is 27.6 Å². The Kier molecular flexibility index (Phi) is 4.06. The maximum Gasteiger partial charge on any atom is 0.0835 e. The summed E-state index contributed by atoms with van der Waals surface area (Å²) in [5, 5.41) is 9.04. The molecule has 0 aliphatic rings. The standard InChI is InChI=1S/C10H10Br2N4/c11-2-1-10-7-16(15-14-10)6-8-3-9(12)5-13-4-8/h3-5,7H,1-2,6H2. The Hall–Kier alpha value is -0.750. The Morgan fingerprint density at radius 1 is 1.31 bits per heavy atom. The Balaban J connectivity index is 2.08. The van der Waals surface area contributed by atoms with Crippen molar-refractivity contribution in [3.8, 4) is 0 Å². The summed E-state index contributed by atoms with van der Waals surface area (Å²) in [6.45, 7) is 0.696. The van der Waals surface area contributed by atoms with Gasteiger partial charge < -0.3 is 0 Å². The number of hydrogen-bond acceptors (Lipinski definition) is 3. The van der Waals surface area contributed by atoms with Crippen molar-refractivity contribution in [1.29, 1.82) is 0 Å². The van der Waals surface area contributed by atoms with Gasteiger partial charge in [0.15, 0.2) is 0 Å². The van der Waals surface area contributed by atoms with Crippen molar-refractivity contribution >= 4 is 31.9 Å². The molecule has 0 aliphatic carbocycles. The molecule has 16 heavy (non-hydrogen) atoms. The predicted molar refractivity (Wildman–Crippen MR) is 68.6 cm³/mol. The largest absolute Gasteiger partial charge is 0.263 e. The first-order valence-corrected chi connectivity index (χ1v) is 6.74. The van der Waals surface area contributed by atoms with E-state index in [9.17, 15) is 0 Å². The van der Waals surface area contributed by atoms with Gasteiger partial charge in [-0.3, -0.25) is 4.98 Å². The van der Waals surface area contributed by atoms with E-state index < -0.39 is 0 Å². The van der Waals surface area contributed by atoms with Gasteiger partial charge in [-0.2, -0.15) is 0 Å². The fourth-order valence-corrected chi connectivity index (χ4v) is 2.18. The van der Waals surface area contributed by atoms with E-state index in [4.69, 9.17) is 0 Å². The van der Waals surface area contributed by atoms with Crippen molar-refractivity contribution in [3.05, 3.63) is 40.4 Å². The van der Waals surface area contributed by atoms with Gasteiger partial charge in [-0.15, -0.1) is 5.10 Å². The van der Waals surface area contributed by atoms with Gasteiger partial charge in [0.05, 0.1) is 12.2 Å². The highest BCUT2D eigenvalue weighted by molar-refractivity contribution is 9.10. The first kappa shape index (κ1) is 11.7. The highest BCUT2D eigenvalue weighted by Crippen LogP contribution is 2.10. The fraction of sp³-hybridized carbons (Fsp3) is 0.300. The lowest BCUT2D eigenvalue weighted by Gasteiger charge is -2.00. The molecule has 0 aromatic carbocycles. The van der Waals surface area contributed by atoms with Crippen LogP contribution in [0.4, 0.5) is 0 Å². The first-order valence-electron chi connectivity index (χ1n) is 4.82. The zero-order valence-corrected chi connectivity index (χ0v) is 11.6. The van der Waals surface area contributed by atoms with E-state index in [0.29, 0.717) is 6.54 Å². The monoisotopic (exact) mass is 344 g/mol. The summed E-state index contributed by atoms with van der Waals surface area (Å²) in [6.07, 6.45) is 6.45. The first-order chi connectivity index (χ1) is 7.78. The SMILES string of the molecule is BrCCc1cn(Cc2cncc(Br)c2)nn1. The van der Waals surface area contributed by atoms with E-state index in [1.54, 1.807) is 6.20 Å². The molecule has 0 unspecified atom stereocenters. The molecule has 4 nitrogen and oxygen atoms in total. The molecule has 6 heteroatoms. The Morgan fingerprint density at radius 3 is 2.94 bits per heavy atom. The van der Waals surface area contributed by atoms with Crippen molar-refractivity contribution in [1.82, 2.24) is 20.0 Å². The van der Waals surface area contributed by atoms with Crippen LogP contribution in [0, 0.1) is 0 Å². The molecule has 2 aromatic heterocycles. The molecule has 2 aromatic rings. The van der Waals surface area contributed by atoms with E-state index in [-0.39, 0.29) is 0 Å². The van der Waals surface area contributed by atoms with Crippen LogP contribution < -0.4 is 0 Å². The van der Waals surface area contributed by atoms with Gasteiger partial charge in [0.25, 0.3) is 0 Å². The van der Waals surface area contributed by atoms with Gasteiger partial charge in [-0.1, -0.05) is 21.1 Å². The average Bonchev–Trinajstić information content (AvgIpc) is 2.66. The average molecular weight is 346 g/mol. The van der Waals surface area contributed by atoms with Crippen LogP contribution in [-0.4, -0.2) is 25.3 Å². The second-order valence-corrected chi connectivity index (χ2v) is 5.07. The highest BCUT2D eigenvalue weighted by Gasteiger charge is 2.01. The Labute approximate surface area is 110 Å². The summed E-state index contributed by atoms with van der Waals surface area (Å²) in [6, 6.07) is 2.03. The predicted octanol–water partition coefficient (Wildman–Crippen LogP) is 2.42. The van der Waals surface area contributed by atoms with Gasteiger partial charge in [0, 0.05) is 34.8 Å². The number of nitrogens with zero attached hydrogens (tertiary/aromatic N) is 4. The molecule has 0 amide bonds. The van der Waals surface area contributed by atoms with Crippen molar-refractivity contribution in [2.45, 2.75) is 13.0 Å². The lowest BCUT2D eigenvalue weighted by molar-refractivity contribution is 0.647. The van der Waals surface area contributed by atoms with Crippen molar-refractivity contribution < 1.29 is 0 Å². The lowest BCUT2D eigenvalue weighted by Crippen LogP contribution is -2.00. The summed E-state index contributed by atoms with van der Waals surface area (Å²) in [5.74, 6) is 0. The number of hydrogen-bond donors (Lipinski definition) is 0. The van der Waals surface area contributed by atoms with Crippen LogP contribution in [0.2, 0.25) is 0 Å². The normalized spacial score (nSPS) is 10.6. The summed E-state index contributed by atoms with van der Waals surface area (Å²) in [4.78, 5) is 4.11. The van der Waals surface area contributed by atoms with E-state index in [1.165, 1.54) is 0 Å². The van der Waals surface area contributed by atoms with Crippen LogP contribution in [0.3, 0.4) is 0 Å². The molecule has 0 radical (unpaired) electrons. The van der Waals surface area contributed by atoms with Crippen LogP contribution in [0.25, 0.3) is 0 Å². The van der Waals surface area contributed by atoms with Crippen LogP contribution in [-0.2, 0) is 13.0 Å². The molecule has 0 saturated heterocycles. The third-order valence-corrected chi connectivity index (χ3v) is 2.87. The van der Waals surface area contributed by atoms with Crippen LogP contribution in [0.15, 0.2) is 29.1 Å². The van der Waals surface area contributed by atoms with E-state index in [0.717, 1.165) is 27.5 Å². The Bertz CT molecular complexity index is 469. The zero-order valence-electron chi connectivity index (χ0n) is 8.48. The maximum atomic E-state index is 4.11. The minimum absolute atomic E-state index is 0.696. The zero-order chi connectivity index (χ0) is 11.4. The number of aryl methyl sites for hydroxylation is 1. The minimum atomic E-state index is 0.696. The second-order valence-electron chi connectivity index (χ2n) is 3.36. The summed E-state index contributed by atoms with van der Waals surface area (Å²) < 4.78 is 2.80. The lowest BCUT2D eigenvalue weighted by atomic mass is 10.3. The topological polar surface area (TPSA) is 43.6 Å². The number of pyridine rings is 1. The van der Waals surface area contributed by atoms with Gasteiger partial charge in [0.1, 0.15) is 0 Å². The molecule has 2 rings (SSSR count). The third-order valence-electron chi connectivity index (χ3n) is 2.04. The molecule has 0 atom stereocenters. The quantitative estimate of drug-likeness (QED) is 0.799. The van der Waals surface area contributed by atoms with Gasteiger partial charge in [0.2, 0.25) is 0 Å². The van der Waals surface area contributed by atoms with Crippen molar-refractivity contribution in [3.63, 3.8) is 0 Å². The molecule has 0 spiro atoms. The van der Waals surface area contributed by atoms with Crippen LogP contribution in [0.1, 0.15) is 11.3 Å². The molecule has 2 heterocycles. The molecular weight excluding hydrogens is 336 g/mol. The minimum Gasteiger partial charge on any atom is -0.263 e. The van der Waals surface area contributed by atoms with Gasteiger partial charge in [-0.25, -0.2) is 4.68 Å². The molecular formula is C10H10Br2N4. The van der Waals surface area contributed by atoms with Crippen LogP contribution >= 0.6 is 31.9 Å². The van der Waals surface area contributed by atoms with E-state index >= 15 is 0 Å². The van der Waals surface area contributed by atoms with E-state index in [2.05, 4.69) is 47.2 Å². The molecule has 0 aliphatic heterocycles. The van der Waals surface area contributed by atoms with Crippen molar-refractivity contribution in [2.24, 2.45) is 0 Å². The summed E-state index contributed by atoms with van der Waals surface area (Å²) in [5.41, 5.74) is 2.10. The smallest absolute Gasteiger partial charge is 0.0835 e.